The minimum absolute atomic E-state index is 0.0441. The smallest absolute Gasteiger partial charge is 0.311 e. The Morgan fingerprint density at radius 1 is 0.870 bits per heavy atom. The van der Waals surface area contributed by atoms with Gasteiger partial charge >= 0.3 is 5.97 Å². The molecule has 5 heterocycles. The number of carbonyl (C=O) groups excluding carboxylic acids is 2. The van der Waals surface area contributed by atoms with Crippen LogP contribution < -0.4 is 0 Å². The predicted molar refractivity (Wildman–Crippen MR) is 280 cm³/mol. The van der Waals surface area contributed by atoms with Crippen LogP contribution in [-0.4, -0.2) is 188 Å². The number of ether oxygens (including phenoxy) is 8. The molecule has 20 nitrogen and oxygen atoms in total. The minimum Gasteiger partial charge on any atom is -0.459 e. The highest BCUT2D eigenvalue weighted by Crippen LogP contribution is 2.40. The topological polar surface area (TPSA) is 256 Å². The van der Waals surface area contributed by atoms with E-state index in [9.17, 15) is 39.5 Å². The summed E-state index contributed by atoms with van der Waals surface area (Å²) < 4.78 is 66.6. The first kappa shape index (κ1) is 62.3. The van der Waals surface area contributed by atoms with Crippen molar-refractivity contribution in [2.24, 2.45) is 17.8 Å². The maximum atomic E-state index is 15.0. The van der Waals surface area contributed by atoms with E-state index < -0.39 is 127 Å². The van der Waals surface area contributed by atoms with Gasteiger partial charge in [0.05, 0.1) is 65.6 Å². The quantitative estimate of drug-likeness (QED) is 0.107. The number of pyridine rings is 1. The van der Waals surface area contributed by atoms with Gasteiger partial charge in [0.1, 0.15) is 48.5 Å². The summed E-state index contributed by atoms with van der Waals surface area (Å²) in [7, 11) is 6.35. The molecule has 3 saturated heterocycles. The lowest BCUT2D eigenvalue weighted by Gasteiger charge is -2.48. The number of aromatic nitrogens is 4. The summed E-state index contributed by atoms with van der Waals surface area (Å²) in [4.78, 5) is 34.9. The van der Waals surface area contributed by atoms with Crippen LogP contribution in [0.15, 0.2) is 48.8 Å². The van der Waals surface area contributed by atoms with Gasteiger partial charge in [-0.05, 0) is 85.0 Å². The normalized spacial score (nSPS) is 36.8. The highest BCUT2D eigenvalue weighted by Gasteiger charge is 2.52. The monoisotopic (exact) mass is 1090 g/mol. The van der Waals surface area contributed by atoms with Gasteiger partial charge in [-0.3, -0.25) is 14.6 Å². The van der Waals surface area contributed by atoms with Gasteiger partial charge in [0.15, 0.2) is 12.6 Å². The van der Waals surface area contributed by atoms with E-state index in [0.29, 0.717) is 30.8 Å². The van der Waals surface area contributed by atoms with Crippen LogP contribution in [0, 0.1) is 17.8 Å². The van der Waals surface area contributed by atoms with Crippen LogP contribution in [0.3, 0.4) is 0 Å². The van der Waals surface area contributed by atoms with E-state index >= 15 is 0 Å². The summed E-state index contributed by atoms with van der Waals surface area (Å²) in [6.07, 6.45) is -6.94. The van der Waals surface area contributed by atoms with Gasteiger partial charge in [-0.2, -0.15) is 0 Å². The van der Waals surface area contributed by atoms with Crippen molar-refractivity contribution in [2.45, 2.75) is 204 Å². The van der Waals surface area contributed by atoms with Gasteiger partial charge in [-0.1, -0.05) is 56.3 Å². The Kier molecular flexibility index (Phi) is 21.5. The molecule has 0 amide bonds. The van der Waals surface area contributed by atoms with Crippen molar-refractivity contribution in [3.63, 3.8) is 0 Å². The predicted octanol–water partition coefficient (Wildman–Crippen LogP) is 4.85. The minimum atomic E-state index is -2.02. The van der Waals surface area contributed by atoms with Crippen LogP contribution in [0.4, 0.5) is 4.39 Å². The number of benzene rings is 1. The van der Waals surface area contributed by atoms with E-state index in [-0.39, 0.29) is 38.1 Å². The fraction of sp³-hybridized carbons (Fsp3) is 0.732. The zero-order valence-corrected chi connectivity index (χ0v) is 47.2. The number of alkyl halides is 1. The number of Topliss-reactive ketones (excluding diaryl/α,β-unsaturated/α-hetero) is 1. The Hall–Kier alpha value is -3.94. The SMILES string of the molecule is CC[C@H]1OC(=O)[C@H](C)[C@@H](O[C@H]2C[C@@](C)(OC)[C@@H](O)[C@H](C)O2)C[C@@H](O[C@@H]2O[C@H](C)C[C@H](N(C)CCc3cn([C@H](CF)[C@H](OC)c4ccc(-c5ccc(CO)nc5)cc4)nn3)[C@H]2O)[C@](C)(OC)C[C@@H](C)C(=O)[C@H](C)[C@@H](O)[C@]1(C)O. The summed E-state index contributed by atoms with van der Waals surface area (Å²) in [6, 6.07) is 9.86. The molecule has 3 aromatic rings. The number of rotatable bonds is 18. The zero-order chi connectivity index (χ0) is 56.7. The number of aliphatic hydroxyl groups is 5. The molecule has 5 N–H and O–H groups in total. The first-order valence-corrected chi connectivity index (χ1v) is 27.0. The molecule has 0 saturated carbocycles. The van der Waals surface area contributed by atoms with Crippen molar-refractivity contribution in [3.8, 4) is 11.1 Å². The Labute approximate surface area is 452 Å². The third-order valence-corrected chi connectivity index (χ3v) is 16.7. The van der Waals surface area contributed by atoms with Crippen LogP contribution in [0.25, 0.3) is 11.1 Å². The third kappa shape index (κ3) is 14.2. The number of likely N-dealkylation sites (N-methyl/N-ethyl adjacent to an activating group) is 1. The van der Waals surface area contributed by atoms with Crippen LogP contribution in [0.2, 0.25) is 0 Å². The van der Waals surface area contributed by atoms with E-state index in [1.54, 1.807) is 60.0 Å². The molecule has 3 aliphatic heterocycles. The Bertz CT molecular complexity index is 2350. The molecule has 21 heteroatoms. The molecule has 1 aromatic carbocycles. The summed E-state index contributed by atoms with van der Waals surface area (Å²) in [5.74, 6) is -4.03. The maximum Gasteiger partial charge on any atom is 0.311 e. The lowest BCUT2D eigenvalue weighted by Crippen LogP contribution is -2.60. The van der Waals surface area contributed by atoms with Gasteiger partial charge in [0.25, 0.3) is 0 Å². The Morgan fingerprint density at radius 2 is 1.55 bits per heavy atom. The average molecular weight is 1090 g/mol. The van der Waals surface area contributed by atoms with Gasteiger partial charge in [0, 0.05) is 83.0 Å². The average Bonchev–Trinajstić information content (AvgIpc) is 3.90. The molecule has 6 rings (SSSR count). The number of methoxy groups -OCH3 is 3. The molecule has 0 aliphatic carbocycles. The lowest BCUT2D eigenvalue weighted by atomic mass is 9.76. The summed E-state index contributed by atoms with van der Waals surface area (Å²) in [5.41, 5.74) is -0.783. The van der Waals surface area contributed by atoms with Crippen molar-refractivity contribution in [2.75, 3.05) is 41.6 Å². The number of ketones is 1. The second-order valence-corrected chi connectivity index (χ2v) is 22.3. The highest BCUT2D eigenvalue weighted by molar-refractivity contribution is 5.83. The fourth-order valence-electron chi connectivity index (χ4n) is 11.3. The second kappa shape index (κ2) is 26.6. The van der Waals surface area contributed by atoms with Crippen molar-refractivity contribution < 1.29 is 77.4 Å². The molecular formula is C56H86FN5O15. The van der Waals surface area contributed by atoms with Crippen molar-refractivity contribution >= 4 is 11.8 Å². The largest absolute Gasteiger partial charge is 0.459 e. The first-order valence-electron chi connectivity index (χ1n) is 27.0. The molecule has 3 aliphatic rings. The molecule has 77 heavy (non-hydrogen) atoms. The number of hydrogen-bond donors (Lipinski definition) is 5. The summed E-state index contributed by atoms with van der Waals surface area (Å²) in [6.45, 7) is 14.5. The Morgan fingerprint density at radius 3 is 2.14 bits per heavy atom. The second-order valence-electron chi connectivity index (χ2n) is 22.3. The molecule has 3 fully saturated rings. The van der Waals surface area contributed by atoms with E-state index in [2.05, 4.69) is 15.3 Å². The van der Waals surface area contributed by atoms with Crippen molar-refractivity contribution in [1.82, 2.24) is 24.9 Å². The molecule has 0 spiro atoms. The summed E-state index contributed by atoms with van der Waals surface area (Å²) in [5, 5.41) is 64.8. The van der Waals surface area contributed by atoms with Gasteiger partial charge in [0.2, 0.25) is 0 Å². The third-order valence-electron chi connectivity index (χ3n) is 16.7. The molecular weight excluding hydrogens is 1000 g/mol. The lowest BCUT2D eigenvalue weighted by molar-refractivity contribution is -0.309. The van der Waals surface area contributed by atoms with Crippen LogP contribution in [0.1, 0.15) is 124 Å². The zero-order valence-electron chi connectivity index (χ0n) is 47.2. The number of hydrogen-bond acceptors (Lipinski definition) is 19. The number of cyclic esters (lactones) is 1. The highest BCUT2D eigenvalue weighted by atomic mass is 19.1. The Balaban J connectivity index is 1.24. The van der Waals surface area contributed by atoms with Gasteiger partial charge in [-0.25, -0.2) is 9.07 Å². The van der Waals surface area contributed by atoms with E-state index in [1.165, 1.54) is 39.9 Å². The number of nitrogens with zero attached hydrogens (tertiary/aromatic N) is 5. The molecule has 2 aromatic heterocycles. The van der Waals surface area contributed by atoms with E-state index in [1.807, 2.05) is 49.2 Å². The standard InChI is InChI=1S/C56H86FN5O15/c1-14-44-56(9,69)50(66)34(5)47(64)31(2)25-54(7,71-12)45(24-43(33(4)52(68)76-44)75-46-26-55(8,72-13)51(67)35(6)74-46)77-53-48(65)41(23-32(3)73-53)61(10)22-21-39-29-62(60-59-39)42(27-57)49(70-11)37-17-15-36(16-18-37)38-19-20-40(30-63)58-28-38/h15-20,28-29,31-35,41-46,48-51,53,63,65-67,69H,14,21-27,30H2,1-13H3/t31-,32-,33-,34+,35+,41+,42-,43+,44-,45-,46+,48-,49-,50-,51+,53+,54-,55-,56-/m1/s1. The number of esters is 1. The number of carbonyl (C=O) groups is 2. The number of halogens is 1. The summed E-state index contributed by atoms with van der Waals surface area (Å²) >= 11 is 0. The van der Waals surface area contributed by atoms with Gasteiger partial charge in [-0.15, -0.1) is 5.10 Å². The maximum absolute atomic E-state index is 15.0. The fourth-order valence-corrected chi connectivity index (χ4v) is 11.3. The van der Waals surface area contributed by atoms with Crippen LogP contribution >= 0.6 is 0 Å². The molecule has 0 radical (unpaired) electrons. The van der Waals surface area contributed by atoms with Gasteiger partial charge < -0.3 is 68.3 Å². The van der Waals surface area contributed by atoms with Crippen LogP contribution in [-0.2, 0) is 60.5 Å². The molecule has 0 unspecified atom stereocenters. The molecule has 0 bridgehead atoms. The first-order chi connectivity index (χ1) is 36.4. The van der Waals surface area contributed by atoms with E-state index in [4.69, 9.17) is 37.9 Å². The van der Waals surface area contributed by atoms with Crippen LogP contribution in [0.5, 0.6) is 0 Å². The molecule has 432 valence electrons. The number of aliphatic hydroxyl groups excluding tert-OH is 4. The molecule has 19 atom stereocenters. The van der Waals surface area contributed by atoms with Crippen molar-refractivity contribution in [3.05, 3.63) is 65.7 Å². The van der Waals surface area contributed by atoms with E-state index in [0.717, 1.165) is 16.7 Å². The van der Waals surface area contributed by atoms with Crippen molar-refractivity contribution in [1.29, 1.82) is 0 Å².